The van der Waals surface area contributed by atoms with Crippen LogP contribution in [-0.2, 0) is 27.9 Å². The van der Waals surface area contributed by atoms with Crippen molar-refractivity contribution < 1.29 is 32.8 Å². The van der Waals surface area contributed by atoms with Gasteiger partial charge in [-0.1, -0.05) is 233 Å². The summed E-state index contributed by atoms with van der Waals surface area (Å²) in [6.45, 7) is 4.74. The van der Waals surface area contributed by atoms with Crippen molar-refractivity contribution in [2.45, 2.75) is 238 Å². The SMILES string of the molecule is CC/C=C\C/C=C\C/C=C\C/C=C\C/C=C\C/C=C\C/C=C\CCCC(=O)OC(COCCCCCCCCCCCCCCCC/C=C\CCCCCCCCCC)COP(=O)(O)OCCN. The average Bonchev–Trinajstić information content (AvgIpc) is 3.33. The van der Waals surface area contributed by atoms with E-state index in [0.29, 0.717) is 13.0 Å². The number of ether oxygens (including phenoxy) is 2. The largest absolute Gasteiger partial charge is 0.472 e. The van der Waals surface area contributed by atoms with E-state index in [-0.39, 0.29) is 38.8 Å². The van der Waals surface area contributed by atoms with Gasteiger partial charge in [-0.15, -0.1) is 0 Å². The zero-order valence-corrected chi connectivity index (χ0v) is 44.7. The topological polar surface area (TPSA) is 117 Å². The van der Waals surface area contributed by atoms with Crippen molar-refractivity contribution in [3.8, 4) is 0 Å². The number of carbonyl (C=O) groups is 1. The summed E-state index contributed by atoms with van der Waals surface area (Å²) in [6.07, 6.45) is 74.7. The fourth-order valence-corrected chi connectivity index (χ4v) is 8.22. The first-order valence-corrected chi connectivity index (χ1v) is 29.2. The highest BCUT2D eigenvalue weighted by Gasteiger charge is 2.25. The minimum atomic E-state index is -4.31. The summed E-state index contributed by atoms with van der Waals surface area (Å²) in [5.41, 5.74) is 5.39. The van der Waals surface area contributed by atoms with Gasteiger partial charge in [0.1, 0.15) is 6.10 Å². The summed E-state index contributed by atoms with van der Waals surface area (Å²) in [4.78, 5) is 22.6. The van der Waals surface area contributed by atoms with Gasteiger partial charge in [0.25, 0.3) is 0 Å². The highest BCUT2D eigenvalue weighted by molar-refractivity contribution is 7.47. The van der Waals surface area contributed by atoms with Gasteiger partial charge in [0, 0.05) is 19.6 Å². The molecule has 0 saturated carbocycles. The number of rotatable bonds is 52. The summed E-state index contributed by atoms with van der Waals surface area (Å²) < 4.78 is 33.6. The molecule has 0 aromatic heterocycles. The van der Waals surface area contributed by atoms with E-state index in [1.807, 2.05) is 0 Å². The van der Waals surface area contributed by atoms with Crippen molar-refractivity contribution in [2.75, 3.05) is 33.0 Å². The normalized spacial score (nSPS) is 14.0. The van der Waals surface area contributed by atoms with Crippen molar-refractivity contribution in [1.82, 2.24) is 0 Å². The van der Waals surface area contributed by atoms with Crippen LogP contribution in [0.5, 0.6) is 0 Å². The maximum atomic E-state index is 12.7. The predicted molar refractivity (Wildman–Crippen MR) is 293 cm³/mol. The molecule has 0 aliphatic carbocycles. The number of phosphoric acid groups is 1. The van der Waals surface area contributed by atoms with Crippen molar-refractivity contribution in [3.05, 3.63) is 97.2 Å². The zero-order chi connectivity index (χ0) is 49.4. The monoisotopic (exact) mass is 970 g/mol. The lowest BCUT2D eigenvalue weighted by Crippen LogP contribution is -2.28. The van der Waals surface area contributed by atoms with Gasteiger partial charge in [-0.2, -0.15) is 0 Å². The minimum absolute atomic E-state index is 0.0868. The third-order valence-corrected chi connectivity index (χ3v) is 12.5. The van der Waals surface area contributed by atoms with Crippen LogP contribution in [0, 0.1) is 0 Å². The molecule has 2 unspecified atom stereocenters. The molecule has 0 aliphatic rings. The van der Waals surface area contributed by atoms with Crippen LogP contribution >= 0.6 is 7.82 Å². The standard InChI is InChI=1S/C59H104NO7P/c1-3-5-7-9-11-13-15-17-19-21-23-25-27-28-29-31-33-35-37-39-41-43-45-47-49-51-54-64-56-58(57-66-68(62,63)65-55-53-60)67-59(61)52-50-48-46-44-42-40-38-36-34-32-30-26-24-22-20-18-16-14-12-10-8-6-4-2/h6,8,12,14,18,20-21,23-24,26,32,34,38,40,44,46,58H,3-5,7,9-11,13,15-17,19,22,25,27-31,33,35-37,39,41-43,45,47-57,60H2,1-2H3,(H,62,63)/b8-6-,14-12-,20-18-,23-21-,26-24-,34-32-,40-38-,46-44-. The molecule has 0 aromatic rings. The Bertz CT molecular complexity index is 1370. The number of carbonyl (C=O) groups excluding carboxylic acids is 1. The smallest absolute Gasteiger partial charge is 0.457 e. The number of phosphoric ester groups is 1. The molecule has 0 radical (unpaired) electrons. The molecule has 3 N–H and O–H groups in total. The maximum Gasteiger partial charge on any atom is 0.472 e. The van der Waals surface area contributed by atoms with Crippen molar-refractivity contribution >= 4 is 13.8 Å². The summed E-state index contributed by atoms with van der Waals surface area (Å²) in [5.74, 6) is -0.388. The first-order chi connectivity index (χ1) is 33.4. The molecule has 0 aromatic carbocycles. The lowest BCUT2D eigenvalue weighted by molar-refractivity contribution is -0.154. The van der Waals surface area contributed by atoms with Gasteiger partial charge in [0.15, 0.2) is 0 Å². The van der Waals surface area contributed by atoms with Gasteiger partial charge >= 0.3 is 13.8 Å². The Morgan fingerprint density at radius 3 is 1.25 bits per heavy atom. The van der Waals surface area contributed by atoms with E-state index >= 15 is 0 Å². The van der Waals surface area contributed by atoms with Crippen molar-refractivity contribution in [1.29, 1.82) is 0 Å². The Morgan fingerprint density at radius 2 is 0.824 bits per heavy atom. The third kappa shape index (κ3) is 54.4. The van der Waals surface area contributed by atoms with Crippen molar-refractivity contribution in [2.24, 2.45) is 5.73 Å². The van der Waals surface area contributed by atoms with Crippen LogP contribution in [0.15, 0.2) is 97.2 Å². The molecular weight excluding hydrogens is 866 g/mol. The van der Waals surface area contributed by atoms with Gasteiger partial charge in [0.05, 0.1) is 19.8 Å². The molecule has 392 valence electrons. The van der Waals surface area contributed by atoms with Gasteiger partial charge in [-0.3, -0.25) is 13.8 Å². The second kappa shape index (κ2) is 55.3. The van der Waals surface area contributed by atoms with Gasteiger partial charge in [-0.05, 0) is 89.9 Å². The highest BCUT2D eigenvalue weighted by Crippen LogP contribution is 2.43. The lowest BCUT2D eigenvalue weighted by Gasteiger charge is -2.20. The number of unbranched alkanes of at least 4 members (excludes halogenated alkanes) is 23. The fourth-order valence-electron chi connectivity index (χ4n) is 7.45. The summed E-state index contributed by atoms with van der Waals surface area (Å²) in [7, 11) is -4.31. The lowest BCUT2D eigenvalue weighted by atomic mass is 10.0. The van der Waals surface area contributed by atoms with E-state index in [9.17, 15) is 14.3 Å². The second-order valence-electron chi connectivity index (χ2n) is 18.1. The summed E-state index contributed by atoms with van der Waals surface area (Å²) >= 11 is 0. The molecule has 0 rings (SSSR count). The molecule has 0 heterocycles. The Balaban J connectivity index is 4.00. The van der Waals surface area contributed by atoms with E-state index < -0.39 is 13.9 Å². The Morgan fingerprint density at radius 1 is 0.456 bits per heavy atom. The molecule has 2 atom stereocenters. The molecule has 0 spiro atoms. The van der Waals surface area contributed by atoms with Crippen LogP contribution in [0.3, 0.4) is 0 Å². The number of hydrogen-bond donors (Lipinski definition) is 2. The fraction of sp³-hybridized carbons (Fsp3) is 0.712. The van der Waals surface area contributed by atoms with Gasteiger partial charge in [-0.25, -0.2) is 4.57 Å². The number of allylic oxidation sites excluding steroid dienone is 16. The second-order valence-corrected chi connectivity index (χ2v) is 19.5. The van der Waals surface area contributed by atoms with Crippen molar-refractivity contribution in [3.63, 3.8) is 0 Å². The first-order valence-electron chi connectivity index (χ1n) is 27.7. The number of hydrogen-bond acceptors (Lipinski definition) is 7. The Labute approximate surface area is 419 Å². The van der Waals surface area contributed by atoms with Crippen LogP contribution in [0.2, 0.25) is 0 Å². The molecule has 0 amide bonds. The molecule has 0 aliphatic heterocycles. The maximum absolute atomic E-state index is 12.7. The van der Waals surface area contributed by atoms with E-state index in [1.54, 1.807) is 0 Å². The van der Waals surface area contributed by atoms with Crippen LogP contribution in [0.4, 0.5) is 0 Å². The molecule has 0 bridgehead atoms. The predicted octanol–water partition coefficient (Wildman–Crippen LogP) is 17.8. The summed E-state index contributed by atoms with van der Waals surface area (Å²) in [5, 5.41) is 0. The minimum Gasteiger partial charge on any atom is -0.457 e. The van der Waals surface area contributed by atoms with E-state index in [1.165, 1.54) is 141 Å². The molecular formula is C59H104NO7P. The van der Waals surface area contributed by atoms with E-state index in [0.717, 1.165) is 64.2 Å². The van der Waals surface area contributed by atoms with Gasteiger partial charge < -0.3 is 20.1 Å². The van der Waals surface area contributed by atoms with Crippen LogP contribution in [0.25, 0.3) is 0 Å². The first kappa shape index (κ1) is 65.4. The van der Waals surface area contributed by atoms with Crippen LogP contribution in [-0.4, -0.2) is 49.9 Å². The number of nitrogens with two attached hydrogens (primary N) is 1. The van der Waals surface area contributed by atoms with Gasteiger partial charge in [0.2, 0.25) is 0 Å². The van der Waals surface area contributed by atoms with Crippen LogP contribution in [0.1, 0.15) is 232 Å². The van der Waals surface area contributed by atoms with E-state index in [4.69, 9.17) is 24.3 Å². The summed E-state index contributed by atoms with van der Waals surface area (Å²) in [6, 6.07) is 0. The highest BCUT2D eigenvalue weighted by atomic mass is 31.2. The quantitative estimate of drug-likeness (QED) is 0.0268. The molecule has 9 heteroatoms. The molecule has 0 fully saturated rings. The Hall–Kier alpha value is -2.58. The zero-order valence-electron chi connectivity index (χ0n) is 43.8. The molecule has 8 nitrogen and oxygen atoms in total. The molecule has 0 saturated heterocycles. The van der Waals surface area contributed by atoms with Crippen LogP contribution < -0.4 is 5.73 Å². The third-order valence-electron chi connectivity index (χ3n) is 11.5. The number of esters is 1. The Kier molecular flexibility index (Phi) is 53.2. The van der Waals surface area contributed by atoms with E-state index in [2.05, 4.69) is 111 Å². The average molecular weight is 970 g/mol. The molecule has 68 heavy (non-hydrogen) atoms.